The van der Waals surface area contributed by atoms with Gasteiger partial charge in [0.1, 0.15) is 0 Å². The Labute approximate surface area is 143 Å². The molecule has 2 heterocycles. The van der Waals surface area contributed by atoms with Crippen molar-refractivity contribution in [1.29, 1.82) is 0 Å². The first kappa shape index (κ1) is 16.9. The topological polar surface area (TPSA) is 56.3 Å². The second kappa shape index (κ2) is 7.32. The summed E-state index contributed by atoms with van der Waals surface area (Å²) in [5.41, 5.74) is 4.17. The molecule has 4 nitrogen and oxygen atoms in total. The summed E-state index contributed by atoms with van der Waals surface area (Å²) in [6, 6.07) is 8.14. The molecule has 0 fully saturated rings. The second-order valence-corrected chi connectivity index (χ2v) is 6.71. The summed E-state index contributed by atoms with van der Waals surface area (Å²) < 4.78 is 0. The van der Waals surface area contributed by atoms with Gasteiger partial charge < -0.3 is 15.0 Å². The highest BCUT2D eigenvalue weighted by Crippen LogP contribution is 2.29. The fourth-order valence-corrected chi connectivity index (χ4v) is 3.75. The third-order valence-electron chi connectivity index (χ3n) is 5.09. The molecule has 0 bridgehead atoms. The van der Waals surface area contributed by atoms with Gasteiger partial charge in [-0.3, -0.25) is 4.79 Å². The van der Waals surface area contributed by atoms with Gasteiger partial charge in [0.2, 0.25) is 0 Å². The van der Waals surface area contributed by atoms with Gasteiger partial charge >= 0.3 is 0 Å². The Morgan fingerprint density at radius 1 is 1.38 bits per heavy atom. The minimum atomic E-state index is 0.104. The zero-order chi connectivity index (χ0) is 17.1. The van der Waals surface area contributed by atoms with Crippen molar-refractivity contribution >= 4 is 16.7 Å². The number of aromatic nitrogens is 1. The first-order valence-electron chi connectivity index (χ1n) is 8.71. The normalized spacial score (nSPS) is 22.0. The van der Waals surface area contributed by atoms with E-state index in [9.17, 15) is 9.90 Å². The Hall–Kier alpha value is -1.91. The van der Waals surface area contributed by atoms with Crippen LogP contribution in [0.1, 0.15) is 35.8 Å². The van der Waals surface area contributed by atoms with Crippen molar-refractivity contribution in [1.82, 2.24) is 9.88 Å². The van der Waals surface area contributed by atoms with Crippen LogP contribution < -0.4 is 0 Å². The molecule has 1 aliphatic heterocycles. The van der Waals surface area contributed by atoms with Gasteiger partial charge in [0.05, 0.1) is 5.69 Å². The van der Waals surface area contributed by atoms with Crippen molar-refractivity contribution in [3.63, 3.8) is 0 Å². The first-order chi connectivity index (χ1) is 11.6. The molecular weight excluding hydrogens is 300 g/mol. The molecule has 4 heteroatoms. The summed E-state index contributed by atoms with van der Waals surface area (Å²) in [7, 11) is 2.12. The summed E-state index contributed by atoms with van der Waals surface area (Å²) in [4.78, 5) is 18.6. The van der Waals surface area contributed by atoms with E-state index in [4.69, 9.17) is 0 Å². The molecule has 0 aliphatic carbocycles. The Morgan fingerprint density at radius 2 is 2.17 bits per heavy atom. The molecule has 1 atom stereocenters. The number of ketones is 1. The van der Waals surface area contributed by atoms with E-state index in [0.717, 1.165) is 41.7 Å². The fourth-order valence-electron chi connectivity index (χ4n) is 3.75. The number of para-hydroxylation sites is 1. The lowest BCUT2D eigenvalue weighted by atomic mass is 9.87. The van der Waals surface area contributed by atoms with Crippen molar-refractivity contribution in [3.05, 3.63) is 47.2 Å². The molecule has 1 unspecified atom stereocenters. The predicted molar refractivity (Wildman–Crippen MR) is 97.4 cm³/mol. The Balaban J connectivity index is 2.04. The molecule has 2 aromatic rings. The standard InChI is InChI=1S/C20H26N2O2/c1-3-14-13-22(2)10-8-17-16-6-4-5-7-18(16)21-20(17)19(24)12-15(14)9-11-23/h3-7,15,21,23H,8-13H2,1-2H3. The lowest BCUT2D eigenvalue weighted by Crippen LogP contribution is -2.29. The molecule has 0 saturated heterocycles. The van der Waals surface area contributed by atoms with Crippen LogP contribution in [0.3, 0.4) is 0 Å². The van der Waals surface area contributed by atoms with Crippen molar-refractivity contribution in [2.45, 2.75) is 26.2 Å². The quantitative estimate of drug-likeness (QED) is 0.834. The summed E-state index contributed by atoms with van der Waals surface area (Å²) in [5.74, 6) is 0.260. The maximum Gasteiger partial charge on any atom is 0.179 e. The highest BCUT2D eigenvalue weighted by atomic mass is 16.3. The number of hydrogen-bond acceptors (Lipinski definition) is 3. The average molecular weight is 326 g/mol. The number of benzene rings is 1. The number of aliphatic hydroxyl groups excluding tert-OH is 1. The third kappa shape index (κ3) is 3.30. The van der Waals surface area contributed by atoms with Gasteiger partial charge in [-0.2, -0.15) is 0 Å². The highest BCUT2D eigenvalue weighted by molar-refractivity contribution is 6.02. The smallest absolute Gasteiger partial charge is 0.179 e. The number of nitrogens with one attached hydrogen (secondary N) is 1. The molecule has 0 spiro atoms. The van der Waals surface area contributed by atoms with Gasteiger partial charge in [0, 0.05) is 37.0 Å². The highest BCUT2D eigenvalue weighted by Gasteiger charge is 2.25. The first-order valence-corrected chi connectivity index (χ1v) is 8.71. The molecular formula is C20H26N2O2. The van der Waals surface area contributed by atoms with Crippen LogP contribution in [-0.4, -0.2) is 47.5 Å². The van der Waals surface area contributed by atoms with Crippen molar-refractivity contribution in [2.75, 3.05) is 26.7 Å². The van der Waals surface area contributed by atoms with Gasteiger partial charge in [-0.15, -0.1) is 0 Å². The minimum Gasteiger partial charge on any atom is -0.396 e. The zero-order valence-electron chi connectivity index (χ0n) is 14.5. The van der Waals surface area contributed by atoms with E-state index in [0.29, 0.717) is 12.8 Å². The lowest BCUT2D eigenvalue weighted by molar-refractivity contribution is 0.0953. The van der Waals surface area contributed by atoms with Crippen LogP contribution in [-0.2, 0) is 6.42 Å². The van der Waals surface area contributed by atoms with E-state index < -0.39 is 0 Å². The number of fused-ring (bicyclic) bond motifs is 3. The van der Waals surface area contributed by atoms with E-state index in [1.807, 2.05) is 25.1 Å². The molecule has 1 aromatic heterocycles. The van der Waals surface area contributed by atoms with Crippen LogP contribution >= 0.6 is 0 Å². The van der Waals surface area contributed by atoms with Crippen LogP contribution in [0.25, 0.3) is 10.9 Å². The number of hydrogen-bond donors (Lipinski definition) is 2. The molecule has 24 heavy (non-hydrogen) atoms. The molecule has 1 aliphatic rings. The maximum absolute atomic E-state index is 13.0. The maximum atomic E-state index is 13.0. The van der Waals surface area contributed by atoms with Crippen molar-refractivity contribution in [2.24, 2.45) is 5.92 Å². The molecule has 0 amide bonds. The molecule has 2 N–H and O–H groups in total. The summed E-state index contributed by atoms with van der Waals surface area (Å²) >= 11 is 0. The van der Waals surface area contributed by atoms with Crippen LogP contribution in [0, 0.1) is 5.92 Å². The Kier molecular flexibility index (Phi) is 5.17. The van der Waals surface area contributed by atoms with E-state index in [1.54, 1.807) is 0 Å². The Bertz CT molecular complexity index is 760. The molecule has 0 radical (unpaired) electrons. The number of carbonyl (C=O) groups excluding carboxylic acids is 1. The third-order valence-corrected chi connectivity index (χ3v) is 5.09. The molecule has 3 rings (SSSR count). The van der Waals surface area contributed by atoms with Crippen LogP contribution in [0.4, 0.5) is 0 Å². The average Bonchev–Trinajstić information content (AvgIpc) is 2.96. The van der Waals surface area contributed by atoms with E-state index in [-0.39, 0.29) is 18.3 Å². The summed E-state index contributed by atoms with van der Waals surface area (Å²) in [6.07, 6.45) is 4.06. The molecule has 0 saturated carbocycles. The number of H-pyrrole nitrogens is 1. The van der Waals surface area contributed by atoms with Gasteiger partial charge in [-0.05, 0) is 44.4 Å². The van der Waals surface area contributed by atoms with Crippen LogP contribution in [0.15, 0.2) is 35.9 Å². The number of Topliss-reactive ketones (excluding diaryl/α,β-unsaturated/α-hetero) is 1. The predicted octanol–water partition coefficient (Wildman–Crippen LogP) is 3.17. The fraction of sp³-hybridized carbons (Fsp3) is 0.450. The minimum absolute atomic E-state index is 0.104. The second-order valence-electron chi connectivity index (χ2n) is 6.71. The Morgan fingerprint density at radius 3 is 2.92 bits per heavy atom. The van der Waals surface area contributed by atoms with Gasteiger partial charge in [-0.25, -0.2) is 0 Å². The number of nitrogens with zero attached hydrogens (tertiary/aromatic N) is 1. The monoisotopic (exact) mass is 326 g/mol. The van der Waals surface area contributed by atoms with E-state index in [1.165, 1.54) is 5.57 Å². The number of likely N-dealkylation sites (N-methyl/N-ethyl adjacent to an activating group) is 1. The van der Waals surface area contributed by atoms with Gasteiger partial charge in [0.25, 0.3) is 0 Å². The lowest BCUT2D eigenvalue weighted by Gasteiger charge is -2.26. The van der Waals surface area contributed by atoms with Gasteiger partial charge in [0.15, 0.2) is 5.78 Å². The zero-order valence-corrected chi connectivity index (χ0v) is 14.5. The van der Waals surface area contributed by atoms with E-state index >= 15 is 0 Å². The number of aliphatic hydroxyl groups is 1. The molecule has 1 aromatic carbocycles. The van der Waals surface area contributed by atoms with Crippen LogP contribution in [0.2, 0.25) is 0 Å². The SMILES string of the molecule is CC=C1CN(C)CCc2c([nH]c3ccccc23)C(=O)CC1CCO. The number of rotatable bonds is 2. The van der Waals surface area contributed by atoms with Gasteiger partial charge in [-0.1, -0.05) is 29.8 Å². The number of allylic oxidation sites excluding steroid dienone is 1. The summed E-state index contributed by atoms with van der Waals surface area (Å²) in [6.45, 7) is 3.90. The van der Waals surface area contributed by atoms with E-state index in [2.05, 4.69) is 29.1 Å². The largest absolute Gasteiger partial charge is 0.396 e. The number of carbonyl (C=O) groups is 1. The van der Waals surface area contributed by atoms with Crippen molar-refractivity contribution in [3.8, 4) is 0 Å². The van der Waals surface area contributed by atoms with Crippen LogP contribution in [0.5, 0.6) is 0 Å². The number of aromatic amines is 1. The molecule has 128 valence electrons. The van der Waals surface area contributed by atoms with Crippen molar-refractivity contribution < 1.29 is 9.90 Å². The summed E-state index contributed by atoms with van der Waals surface area (Å²) in [5, 5.41) is 10.6.